The van der Waals surface area contributed by atoms with E-state index in [1.807, 2.05) is 76.2 Å². The second-order valence-corrected chi connectivity index (χ2v) is 10.6. The Morgan fingerprint density at radius 3 is 2.47 bits per heavy atom. The predicted molar refractivity (Wildman–Crippen MR) is 149 cm³/mol. The van der Waals surface area contributed by atoms with Gasteiger partial charge in [-0.15, -0.1) is 0 Å². The number of fused-ring (bicyclic) bond motifs is 1. The maximum absolute atomic E-state index is 13.9. The minimum atomic E-state index is -1.02. The number of hydrogen-bond acceptors (Lipinski definition) is 5. The van der Waals surface area contributed by atoms with Crippen molar-refractivity contribution in [3.8, 4) is 11.1 Å². The number of hydrogen-bond donors (Lipinski definition) is 3. The highest BCUT2D eigenvalue weighted by Gasteiger charge is 2.36. The number of benzene rings is 2. The number of aliphatic hydroxyl groups excluding tert-OH is 1. The lowest BCUT2D eigenvalue weighted by Crippen LogP contribution is -2.54. The molecule has 2 aromatic carbocycles. The first-order valence-electron chi connectivity index (χ1n) is 13.2. The number of nitrogens with one attached hydrogen (secondary N) is 1. The third-order valence-electron chi connectivity index (χ3n) is 7.22. The fourth-order valence-electron chi connectivity index (χ4n) is 5.48. The summed E-state index contributed by atoms with van der Waals surface area (Å²) in [5.74, 6) is -1.14. The first-order valence-corrected chi connectivity index (χ1v) is 13.2. The van der Waals surface area contributed by atoms with Crippen LogP contribution < -0.4 is 10.2 Å². The molecule has 3 N–H and O–H groups in total. The molecule has 1 aliphatic rings. The zero-order valence-electron chi connectivity index (χ0n) is 22.5. The highest BCUT2D eigenvalue weighted by atomic mass is 16.4. The number of pyridine rings is 1. The van der Waals surface area contributed by atoms with Gasteiger partial charge in [-0.25, -0.2) is 0 Å². The van der Waals surface area contributed by atoms with Gasteiger partial charge < -0.3 is 20.4 Å². The van der Waals surface area contributed by atoms with Gasteiger partial charge in [-0.2, -0.15) is 0 Å². The molecule has 2 unspecified atom stereocenters. The average Bonchev–Trinajstić information content (AvgIpc) is 2.87. The van der Waals surface area contributed by atoms with Crippen molar-refractivity contribution in [1.29, 1.82) is 0 Å². The fourth-order valence-corrected chi connectivity index (χ4v) is 5.48. The Labute approximate surface area is 224 Å². The molecule has 0 saturated carbocycles. The minimum Gasteiger partial charge on any atom is -0.481 e. The number of carbonyl (C=O) groups excluding carboxylic acids is 1. The Bertz CT molecular complexity index is 1290. The lowest BCUT2D eigenvalue weighted by molar-refractivity contribution is -0.137. The minimum absolute atomic E-state index is 0.180. The van der Waals surface area contributed by atoms with Crippen LogP contribution in [0.25, 0.3) is 11.1 Å². The van der Waals surface area contributed by atoms with E-state index in [1.165, 1.54) is 0 Å². The van der Waals surface area contributed by atoms with Crippen molar-refractivity contribution in [1.82, 2.24) is 10.3 Å². The summed E-state index contributed by atoms with van der Waals surface area (Å²) in [7, 11) is 0. The molecular weight excluding hydrogens is 478 g/mol. The number of anilines is 1. The Balaban J connectivity index is 1.68. The van der Waals surface area contributed by atoms with Crippen LogP contribution >= 0.6 is 0 Å². The third kappa shape index (κ3) is 6.05. The van der Waals surface area contributed by atoms with Crippen LogP contribution in [0.3, 0.4) is 0 Å². The van der Waals surface area contributed by atoms with E-state index >= 15 is 0 Å². The molecule has 0 radical (unpaired) electrons. The van der Waals surface area contributed by atoms with Gasteiger partial charge in [0.25, 0.3) is 0 Å². The summed E-state index contributed by atoms with van der Waals surface area (Å²) in [6.07, 6.45) is 4.08. The molecule has 2 heterocycles. The molecule has 0 saturated heterocycles. The number of nitrogens with zero attached hydrogens (tertiary/aromatic N) is 2. The monoisotopic (exact) mass is 515 g/mol. The smallest absolute Gasteiger partial charge is 0.305 e. The Kier molecular flexibility index (Phi) is 8.47. The Hall–Kier alpha value is -3.71. The lowest BCUT2D eigenvalue weighted by Gasteiger charge is -2.41. The van der Waals surface area contributed by atoms with E-state index in [9.17, 15) is 19.8 Å². The molecule has 7 heteroatoms. The molecule has 3 aromatic rings. The summed E-state index contributed by atoms with van der Waals surface area (Å²) in [6, 6.07) is 14.4. The quantitative estimate of drug-likeness (QED) is 0.363. The van der Waals surface area contributed by atoms with Crippen molar-refractivity contribution >= 4 is 17.6 Å². The highest BCUT2D eigenvalue weighted by Crippen LogP contribution is 2.34. The van der Waals surface area contributed by atoms with Crippen LogP contribution in [0, 0.1) is 19.8 Å². The second-order valence-electron chi connectivity index (χ2n) is 10.6. The maximum Gasteiger partial charge on any atom is 0.305 e. The van der Waals surface area contributed by atoms with Crippen LogP contribution in [0.4, 0.5) is 5.69 Å². The molecule has 0 bridgehead atoms. The van der Waals surface area contributed by atoms with Gasteiger partial charge in [-0.05, 0) is 79.0 Å². The van der Waals surface area contributed by atoms with Crippen LogP contribution in [0.15, 0.2) is 60.9 Å². The Morgan fingerprint density at radius 2 is 1.79 bits per heavy atom. The summed E-state index contributed by atoms with van der Waals surface area (Å²) in [6.45, 7) is 8.14. The molecule has 200 valence electrons. The lowest BCUT2D eigenvalue weighted by atomic mass is 9.93. The fraction of sp³-hybridized carbons (Fsp3) is 0.387. The molecular formula is C31H37N3O4. The summed E-state index contributed by atoms with van der Waals surface area (Å²) < 4.78 is 0. The molecule has 1 aromatic heterocycles. The van der Waals surface area contributed by atoms with E-state index in [0.29, 0.717) is 18.4 Å². The van der Waals surface area contributed by atoms with Crippen molar-refractivity contribution in [3.05, 3.63) is 83.2 Å². The molecule has 1 amide bonds. The summed E-state index contributed by atoms with van der Waals surface area (Å²) in [4.78, 5) is 32.0. The normalized spacial score (nSPS) is 16.6. The molecule has 0 fully saturated rings. The SMILES string of the molecule is Cc1cccc(C)c1-c1cncc([C@H](CC(=O)O)NC(=O)C(CC(C)C)N2c3ccccc3CCC2O)c1. The number of aryl methyl sites for hydroxylation is 3. The van der Waals surface area contributed by atoms with Gasteiger partial charge in [-0.1, -0.05) is 50.2 Å². The van der Waals surface area contributed by atoms with Gasteiger partial charge in [0, 0.05) is 23.6 Å². The number of para-hydroxylation sites is 1. The zero-order chi connectivity index (χ0) is 27.4. The number of carboxylic acids is 1. The number of aliphatic hydroxyl groups is 1. The number of carbonyl (C=O) groups is 2. The van der Waals surface area contributed by atoms with Gasteiger partial charge in [0.2, 0.25) is 5.91 Å². The van der Waals surface area contributed by atoms with Crippen LogP contribution in [0.1, 0.15) is 61.4 Å². The van der Waals surface area contributed by atoms with Crippen molar-refractivity contribution in [2.45, 2.75) is 71.7 Å². The number of amides is 1. The average molecular weight is 516 g/mol. The van der Waals surface area contributed by atoms with E-state index in [2.05, 4.69) is 10.3 Å². The van der Waals surface area contributed by atoms with Crippen LogP contribution in [-0.2, 0) is 16.0 Å². The van der Waals surface area contributed by atoms with E-state index in [4.69, 9.17) is 0 Å². The van der Waals surface area contributed by atoms with Crippen molar-refractivity contribution in [2.75, 3.05) is 4.90 Å². The van der Waals surface area contributed by atoms with Gasteiger partial charge >= 0.3 is 5.97 Å². The standard InChI is InChI=1S/C31H37N3O4/c1-19(2)14-27(34-26-11-6-5-10-22(26)12-13-28(34)35)31(38)33-25(16-29(36)37)23-15-24(18-32-17-23)30-20(3)8-7-9-21(30)4/h5-11,15,17-19,25,27-28,35H,12-14,16H2,1-4H3,(H,33,38)(H,36,37)/t25-,27?,28?/m0/s1. The summed E-state index contributed by atoms with van der Waals surface area (Å²) in [5.41, 5.74) is 6.68. The van der Waals surface area contributed by atoms with Crippen molar-refractivity contribution < 1.29 is 19.8 Å². The Morgan fingerprint density at radius 1 is 1.08 bits per heavy atom. The third-order valence-corrected chi connectivity index (χ3v) is 7.22. The van der Waals surface area contributed by atoms with Crippen LogP contribution in [0.2, 0.25) is 0 Å². The number of carboxylic acid groups (broad SMARTS) is 1. The van der Waals surface area contributed by atoms with Gasteiger partial charge in [0.1, 0.15) is 12.3 Å². The summed E-state index contributed by atoms with van der Waals surface area (Å²) in [5, 5.41) is 23.7. The highest BCUT2D eigenvalue weighted by molar-refractivity contribution is 5.87. The van der Waals surface area contributed by atoms with Gasteiger partial charge in [0.15, 0.2) is 0 Å². The largest absolute Gasteiger partial charge is 0.481 e. The topological polar surface area (TPSA) is 103 Å². The molecule has 0 aliphatic carbocycles. The molecule has 38 heavy (non-hydrogen) atoms. The molecule has 3 atom stereocenters. The van der Waals surface area contributed by atoms with E-state index < -0.39 is 24.3 Å². The summed E-state index contributed by atoms with van der Waals surface area (Å²) >= 11 is 0. The van der Waals surface area contributed by atoms with Crippen LogP contribution in [-0.4, -0.2) is 39.3 Å². The molecule has 4 rings (SSSR count). The first kappa shape index (κ1) is 27.3. The zero-order valence-corrected chi connectivity index (χ0v) is 22.5. The molecule has 7 nitrogen and oxygen atoms in total. The van der Waals surface area contributed by atoms with Crippen molar-refractivity contribution in [2.24, 2.45) is 5.92 Å². The van der Waals surface area contributed by atoms with E-state index in [-0.39, 0.29) is 18.2 Å². The van der Waals surface area contributed by atoms with Crippen LogP contribution in [0.5, 0.6) is 0 Å². The van der Waals surface area contributed by atoms with Crippen molar-refractivity contribution in [3.63, 3.8) is 0 Å². The number of rotatable bonds is 9. The second kappa shape index (κ2) is 11.8. The maximum atomic E-state index is 13.9. The van der Waals surface area contributed by atoms with Gasteiger partial charge in [-0.3, -0.25) is 14.6 Å². The molecule has 1 aliphatic heterocycles. The van der Waals surface area contributed by atoms with Gasteiger partial charge in [0.05, 0.1) is 12.5 Å². The number of aromatic nitrogens is 1. The number of aliphatic carboxylic acids is 1. The van der Waals surface area contributed by atoms with E-state index in [0.717, 1.165) is 39.9 Å². The predicted octanol–water partition coefficient (Wildman–Crippen LogP) is 5.18. The molecule has 0 spiro atoms. The first-order chi connectivity index (χ1) is 18.2. The van der Waals surface area contributed by atoms with E-state index in [1.54, 1.807) is 17.3 Å².